The smallest absolute Gasteiger partial charge is 0.306 e. The maximum atomic E-state index is 13.1. The summed E-state index contributed by atoms with van der Waals surface area (Å²) in [6, 6.07) is 4.70. The van der Waals surface area contributed by atoms with Gasteiger partial charge in [-0.05, 0) is 12.1 Å². The summed E-state index contributed by atoms with van der Waals surface area (Å²) >= 11 is 0. The molecule has 1 N–H and O–H groups in total. The van der Waals surface area contributed by atoms with Crippen LogP contribution in [0.1, 0.15) is 5.82 Å². The molecule has 10 heteroatoms. The molecule has 1 aromatic carbocycles. The van der Waals surface area contributed by atoms with Crippen molar-refractivity contribution < 1.29 is 14.1 Å². The zero-order valence-electron chi connectivity index (χ0n) is 10.4. The Morgan fingerprint density at radius 1 is 1.57 bits per heavy atom. The normalized spacial score (nSPS) is 9.90. The Kier molecular flexibility index (Phi) is 3.85. The summed E-state index contributed by atoms with van der Waals surface area (Å²) in [6.07, 6.45) is 1.20. The molecule has 0 saturated heterocycles. The molecule has 0 aliphatic heterocycles. The highest BCUT2D eigenvalue weighted by Crippen LogP contribution is 2.21. The van der Waals surface area contributed by atoms with E-state index in [9.17, 15) is 19.3 Å². The Bertz CT molecular complexity index is 751. The Balaban J connectivity index is 2.07. The van der Waals surface area contributed by atoms with E-state index in [0.29, 0.717) is 0 Å². The molecule has 1 amide bonds. The molecule has 2 aromatic rings. The number of nitro benzene ring substituents is 1. The number of carbonyl (C=O) groups excluding carboxylic acids is 1. The molecule has 2 rings (SSSR count). The average Bonchev–Trinajstić information content (AvgIpc) is 2.88. The van der Waals surface area contributed by atoms with Crippen LogP contribution in [0.4, 0.5) is 15.8 Å². The number of hydrogen-bond donors (Lipinski definition) is 1. The third kappa shape index (κ3) is 3.35. The molecule has 0 bridgehead atoms. The topological polar surface area (TPSA) is 127 Å². The van der Waals surface area contributed by atoms with Crippen molar-refractivity contribution in [2.75, 3.05) is 5.32 Å². The van der Waals surface area contributed by atoms with E-state index in [-0.39, 0.29) is 18.1 Å². The predicted molar refractivity (Wildman–Crippen MR) is 66.4 cm³/mol. The fraction of sp³-hybridized carbons (Fsp3) is 0.0909. The van der Waals surface area contributed by atoms with E-state index < -0.39 is 22.3 Å². The van der Waals surface area contributed by atoms with Crippen LogP contribution < -0.4 is 5.32 Å². The molecule has 1 heterocycles. The summed E-state index contributed by atoms with van der Waals surface area (Å²) in [5, 5.41) is 25.2. The maximum absolute atomic E-state index is 13.1. The Morgan fingerprint density at radius 2 is 2.33 bits per heavy atom. The number of aromatic nitrogens is 3. The van der Waals surface area contributed by atoms with Crippen molar-refractivity contribution in [3.63, 3.8) is 0 Å². The Morgan fingerprint density at radius 3 is 2.95 bits per heavy atom. The van der Waals surface area contributed by atoms with E-state index in [1.165, 1.54) is 12.4 Å². The van der Waals surface area contributed by atoms with E-state index in [2.05, 4.69) is 15.4 Å². The van der Waals surface area contributed by atoms with Crippen molar-refractivity contribution in [2.45, 2.75) is 6.54 Å². The van der Waals surface area contributed by atoms with Gasteiger partial charge in [-0.25, -0.2) is 9.67 Å². The van der Waals surface area contributed by atoms with Crippen LogP contribution in [0.2, 0.25) is 0 Å². The fourth-order valence-electron chi connectivity index (χ4n) is 1.50. The first kappa shape index (κ1) is 14.1. The third-order valence-electron chi connectivity index (χ3n) is 2.37. The number of nitrogens with one attached hydrogen (secondary N) is 1. The Labute approximate surface area is 116 Å². The SMILES string of the molecule is N#Cc1ncn(CC(=O)Nc2ccc(F)c([N+](=O)[O-])c2)n1. The summed E-state index contributed by atoms with van der Waals surface area (Å²) in [4.78, 5) is 25.0. The fourth-order valence-corrected chi connectivity index (χ4v) is 1.50. The van der Waals surface area contributed by atoms with Gasteiger partial charge < -0.3 is 5.32 Å². The van der Waals surface area contributed by atoms with Crippen molar-refractivity contribution in [1.82, 2.24) is 14.8 Å². The summed E-state index contributed by atoms with van der Waals surface area (Å²) in [5.74, 6) is -1.63. The molecule has 0 saturated carbocycles. The average molecular weight is 290 g/mol. The molecule has 0 aliphatic rings. The molecular formula is C11H7FN6O3. The number of amides is 1. The van der Waals surface area contributed by atoms with Crippen molar-refractivity contribution in [3.05, 3.63) is 46.3 Å². The number of anilines is 1. The van der Waals surface area contributed by atoms with Crippen molar-refractivity contribution in [3.8, 4) is 6.07 Å². The van der Waals surface area contributed by atoms with Crippen LogP contribution in [0.15, 0.2) is 24.5 Å². The van der Waals surface area contributed by atoms with Gasteiger partial charge in [0.25, 0.3) is 5.82 Å². The van der Waals surface area contributed by atoms with Gasteiger partial charge in [0.2, 0.25) is 11.7 Å². The van der Waals surface area contributed by atoms with E-state index in [1.54, 1.807) is 6.07 Å². The van der Waals surface area contributed by atoms with Crippen LogP contribution in [-0.4, -0.2) is 25.6 Å². The summed E-state index contributed by atoms with van der Waals surface area (Å²) in [6.45, 7) is -0.236. The molecule has 21 heavy (non-hydrogen) atoms. The second kappa shape index (κ2) is 5.74. The van der Waals surface area contributed by atoms with Crippen LogP contribution in [0, 0.1) is 27.3 Å². The molecule has 0 unspecified atom stereocenters. The quantitative estimate of drug-likeness (QED) is 0.656. The Hall–Kier alpha value is -3.35. The first-order chi connectivity index (χ1) is 9.99. The maximum Gasteiger partial charge on any atom is 0.306 e. The van der Waals surface area contributed by atoms with E-state index in [0.717, 1.165) is 16.8 Å². The van der Waals surface area contributed by atoms with Gasteiger partial charge in [-0.2, -0.15) is 9.65 Å². The lowest BCUT2D eigenvalue weighted by molar-refractivity contribution is -0.387. The number of nitriles is 1. The van der Waals surface area contributed by atoms with Crippen molar-refractivity contribution in [1.29, 1.82) is 5.26 Å². The number of halogens is 1. The number of benzene rings is 1. The van der Waals surface area contributed by atoms with Crippen LogP contribution in [-0.2, 0) is 11.3 Å². The summed E-state index contributed by atoms with van der Waals surface area (Å²) in [7, 11) is 0. The zero-order valence-corrected chi connectivity index (χ0v) is 10.4. The second-order valence-corrected chi connectivity index (χ2v) is 3.85. The molecule has 0 radical (unpaired) electrons. The van der Waals surface area contributed by atoms with Crippen LogP contribution >= 0.6 is 0 Å². The van der Waals surface area contributed by atoms with Gasteiger partial charge in [0.15, 0.2) is 0 Å². The van der Waals surface area contributed by atoms with E-state index in [1.807, 2.05) is 0 Å². The highest BCUT2D eigenvalue weighted by Gasteiger charge is 2.15. The van der Waals surface area contributed by atoms with Gasteiger partial charge in [0, 0.05) is 11.8 Å². The minimum Gasteiger partial charge on any atom is -0.324 e. The molecular weight excluding hydrogens is 283 g/mol. The van der Waals surface area contributed by atoms with E-state index in [4.69, 9.17) is 5.26 Å². The molecule has 0 spiro atoms. The first-order valence-corrected chi connectivity index (χ1v) is 5.53. The van der Waals surface area contributed by atoms with Gasteiger partial charge in [-0.1, -0.05) is 0 Å². The third-order valence-corrected chi connectivity index (χ3v) is 2.37. The molecule has 0 aliphatic carbocycles. The van der Waals surface area contributed by atoms with Gasteiger partial charge in [-0.15, -0.1) is 5.10 Å². The lowest BCUT2D eigenvalue weighted by atomic mass is 10.2. The van der Waals surface area contributed by atoms with Crippen LogP contribution in [0.5, 0.6) is 0 Å². The van der Waals surface area contributed by atoms with Gasteiger partial charge in [0.1, 0.15) is 18.9 Å². The number of rotatable bonds is 4. The minimum absolute atomic E-state index is 0.0775. The lowest BCUT2D eigenvalue weighted by Gasteiger charge is -2.05. The monoisotopic (exact) mass is 290 g/mol. The van der Waals surface area contributed by atoms with Gasteiger partial charge in [-0.3, -0.25) is 14.9 Å². The van der Waals surface area contributed by atoms with Gasteiger partial charge >= 0.3 is 5.69 Å². The molecule has 0 atom stereocenters. The highest BCUT2D eigenvalue weighted by atomic mass is 19.1. The van der Waals surface area contributed by atoms with Crippen LogP contribution in [0.3, 0.4) is 0 Å². The standard InChI is InChI=1S/C11H7FN6O3/c12-8-2-1-7(3-9(8)18(20)21)15-11(19)5-17-6-14-10(4-13)16-17/h1-3,6H,5H2,(H,15,19). The number of carbonyl (C=O) groups is 1. The highest BCUT2D eigenvalue weighted by molar-refractivity contribution is 5.90. The number of hydrogen-bond acceptors (Lipinski definition) is 6. The number of nitro groups is 1. The minimum atomic E-state index is -0.993. The molecule has 0 fully saturated rings. The lowest BCUT2D eigenvalue weighted by Crippen LogP contribution is -2.19. The molecule has 106 valence electrons. The van der Waals surface area contributed by atoms with Crippen LogP contribution in [0.25, 0.3) is 0 Å². The van der Waals surface area contributed by atoms with Gasteiger partial charge in [0.05, 0.1) is 4.92 Å². The molecule has 9 nitrogen and oxygen atoms in total. The number of nitrogens with zero attached hydrogens (tertiary/aromatic N) is 5. The molecule has 1 aromatic heterocycles. The van der Waals surface area contributed by atoms with E-state index >= 15 is 0 Å². The summed E-state index contributed by atoms with van der Waals surface area (Å²) < 4.78 is 14.3. The predicted octanol–water partition coefficient (Wildman–Crippen LogP) is 0.836. The summed E-state index contributed by atoms with van der Waals surface area (Å²) in [5.41, 5.74) is -0.658. The van der Waals surface area contributed by atoms with Crippen molar-refractivity contribution >= 4 is 17.3 Å². The zero-order chi connectivity index (χ0) is 15.4. The largest absolute Gasteiger partial charge is 0.324 e. The van der Waals surface area contributed by atoms with Crippen molar-refractivity contribution in [2.24, 2.45) is 0 Å². The first-order valence-electron chi connectivity index (χ1n) is 5.53. The second-order valence-electron chi connectivity index (χ2n) is 3.85.